The van der Waals surface area contributed by atoms with E-state index in [0.717, 1.165) is 32.4 Å². The first-order chi connectivity index (χ1) is 7.91. The van der Waals surface area contributed by atoms with Gasteiger partial charge in [0.2, 0.25) is 0 Å². The molecule has 0 saturated carbocycles. The van der Waals surface area contributed by atoms with Crippen molar-refractivity contribution in [1.29, 1.82) is 0 Å². The Bertz CT molecular complexity index is 222. The third-order valence-electron chi connectivity index (χ3n) is 3.82. The zero-order valence-electron chi connectivity index (χ0n) is 10.7. The van der Waals surface area contributed by atoms with Crippen LogP contribution in [0.5, 0.6) is 0 Å². The first-order valence-corrected chi connectivity index (χ1v) is 6.40. The summed E-state index contributed by atoms with van der Waals surface area (Å²) < 4.78 is 37.3. The molecule has 1 fully saturated rings. The van der Waals surface area contributed by atoms with Crippen molar-refractivity contribution in [3.05, 3.63) is 0 Å². The maximum atomic E-state index is 12.4. The monoisotopic (exact) mass is 252 g/mol. The normalized spacial score (nSPS) is 20.8. The number of nitrogens with zero attached hydrogens (tertiary/aromatic N) is 1. The molecular weight excluding hydrogens is 229 g/mol. The molecule has 0 aliphatic carbocycles. The Morgan fingerprint density at radius 3 is 2.18 bits per heavy atom. The van der Waals surface area contributed by atoms with E-state index < -0.39 is 12.7 Å². The molecule has 2 nitrogen and oxygen atoms in total. The highest BCUT2D eigenvalue weighted by molar-refractivity contribution is 4.86. The topological polar surface area (TPSA) is 15.3 Å². The zero-order valence-corrected chi connectivity index (χ0v) is 10.7. The summed E-state index contributed by atoms with van der Waals surface area (Å²) in [6, 6.07) is 0. The minimum absolute atomic E-state index is 0.0759. The van der Waals surface area contributed by atoms with Gasteiger partial charge in [-0.3, -0.25) is 4.90 Å². The molecule has 1 saturated heterocycles. The second-order valence-corrected chi connectivity index (χ2v) is 5.02. The molecule has 0 aromatic rings. The number of hydrogen-bond donors (Lipinski definition) is 1. The highest BCUT2D eigenvalue weighted by atomic mass is 19.4. The lowest BCUT2D eigenvalue weighted by Crippen LogP contribution is -2.46. The molecule has 1 rings (SSSR count). The van der Waals surface area contributed by atoms with Crippen molar-refractivity contribution in [2.24, 2.45) is 5.41 Å². The largest absolute Gasteiger partial charge is 0.401 e. The van der Waals surface area contributed by atoms with Gasteiger partial charge in [0.25, 0.3) is 0 Å². The summed E-state index contributed by atoms with van der Waals surface area (Å²) in [6.45, 7) is 6.01. The summed E-state index contributed by atoms with van der Waals surface area (Å²) in [5.41, 5.74) is 0.0759. The molecule has 1 heterocycles. The van der Waals surface area contributed by atoms with Gasteiger partial charge in [-0.05, 0) is 44.3 Å². The van der Waals surface area contributed by atoms with Gasteiger partial charge in [-0.15, -0.1) is 0 Å². The van der Waals surface area contributed by atoms with E-state index in [0.29, 0.717) is 13.1 Å². The first kappa shape index (κ1) is 14.8. The summed E-state index contributed by atoms with van der Waals surface area (Å²) >= 11 is 0. The van der Waals surface area contributed by atoms with Crippen molar-refractivity contribution in [3.8, 4) is 0 Å². The minimum atomic E-state index is -4.09. The van der Waals surface area contributed by atoms with Gasteiger partial charge >= 0.3 is 6.18 Å². The highest BCUT2D eigenvalue weighted by Gasteiger charge is 2.36. The van der Waals surface area contributed by atoms with Gasteiger partial charge < -0.3 is 5.32 Å². The van der Waals surface area contributed by atoms with Gasteiger partial charge in [0, 0.05) is 6.54 Å². The molecule has 0 atom stereocenters. The fourth-order valence-electron chi connectivity index (χ4n) is 2.59. The van der Waals surface area contributed by atoms with Crippen LogP contribution in [0.25, 0.3) is 0 Å². The van der Waals surface area contributed by atoms with E-state index in [4.69, 9.17) is 0 Å². The summed E-state index contributed by atoms with van der Waals surface area (Å²) in [5, 5.41) is 3.27. The van der Waals surface area contributed by atoms with Gasteiger partial charge in [-0.1, -0.05) is 13.8 Å². The number of hydrogen-bond acceptors (Lipinski definition) is 2. The van der Waals surface area contributed by atoms with Crippen molar-refractivity contribution >= 4 is 0 Å². The first-order valence-electron chi connectivity index (χ1n) is 6.40. The van der Waals surface area contributed by atoms with Crippen LogP contribution in [0.2, 0.25) is 0 Å². The van der Waals surface area contributed by atoms with Gasteiger partial charge in [0.1, 0.15) is 0 Å². The van der Waals surface area contributed by atoms with Crippen molar-refractivity contribution in [1.82, 2.24) is 10.2 Å². The number of alkyl halides is 3. The van der Waals surface area contributed by atoms with Crippen LogP contribution in [-0.2, 0) is 0 Å². The summed E-state index contributed by atoms with van der Waals surface area (Å²) in [4.78, 5) is 1.54. The molecule has 0 spiro atoms. The van der Waals surface area contributed by atoms with Gasteiger partial charge in [-0.25, -0.2) is 0 Å². The summed E-state index contributed by atoms with van der Waals surface area (Å²) in [6.07, 6.45) is -1.16. The van der Waals surface area contributed by atoms with Crippen LogP contribution in [0.15, 0.2) is 0 Å². The molecule has 5 heteroatoms. The van der Waals surface area contributed by atoms with E-state index >= 15 is 0 Å². The fourth-order valence-corrected chi connectivity index (χ4v) is 2.59. The molecule has 17 heavy (non-hydrogen) atoms. The lowest BCUT2D eigenvalue weighted by atomic mass is 9.76. The van der Waals surface area contributed by atoms with Crippen LogP contribution in [0.3, 0.4) is 0 Å². The van der Waals surface area contributed by atoms with Crippen LogP contribution in [0, 0.1) is 5.41 Å². The average molecular weight is 252 g/mol. The third-order valence-corrected chi connectivity index (χ3v) is 3.82. The van der Waals surface area contributed by atoms with E-state index in [1.807, 2.05) is 0 Å². The summed E-state index contributed by atoms with van der Waals surface area (Å²) in [5.74, 6) is 0. The second kappa shape index (κ2) is 6.05. The van der Waals surface area contributed by atoms with E-state index in [2.05, 4.69) is 12.2 Å². The summed E-state index contributed by atoms with van der Waals surface area (Å²) in [7, 11) is 0. The van der Waals surface area contributed by atoms with Crippen molar-refractivity contribution in [2.75, 3.05) is 32.7 Å². The fraction of sp³-hybridized carbons (Fsp3) is 1.00. The second-order valence-electron chi connectivity index (χ2n) is 5.02. The van der Waals surface area contributed by atoms with Crippen LogP contribution >= 0.6 is 0 Å². The number of halogens is 3. The number of rotatable bonds is 5. The molecule has 0 aromatic carbocycles. The zero-order chi connectivity index (χ0) is 12.9. The predicted octanol–water partition coefficient (Wildman–Crippen LogP) is 2.65. The van der Waals surface area contributed by atoms with Gasteiger partial charge in [0.05, 0.1) is 6.54 Å². The third kappa shape index (κ3) is 4.84. The van der Waals surface area contributed by atoms with Gasteiger partial charge in [0.15, 0.2) is 0 Å². The van der Waals surface area contributed by atoms with Crippen LogP contribution in [0.1, 0.15) is 33.1 Å². The van der Waals surface area contributed by atoms with E-state index in [1.54, 1.807) is 6.92 Å². The van der Waals surface area contributed by atoms with Crippen LogP contribution in [-0.4, -0.2) is 43.8 Å². The van der Waals surface area contributed by atoms with Crippen molar-refractivity contribution in [2.45, 2.75) is 39.3 Å². The Labute approximate surface area is 102 Å². The lowest BCUT2D eigenvalue weighted by molar-refractivity contribution is -0.149. The highest BCUT2D eigenvalue weighted by Crippen LogP contribution is 2.34. The lowest BCUT2D eigenvalue weighted by Gasteiger charge is -2.40. The maximum absolute atomic E-state index is 12.4. The van der Waals surface area contributed by atoms with Crippen molar-refractivity contribution < 1.29 is 13.2 Å². The molecule has 1 aliphatic rings. The molecule has 1 aliphatic heterocycles. The molecule has 1 N–H and O–H groups in total. The van der Waals surface area contributed by atoms with E-state index in [1.165, 1.54) is 4.90 Å². The Kier molecular flexibility index (Phi) is 5.25. The minimum Gasteiger partial charge on any atom is -0.317 e. The van der Waals surface area contributed by atoms with E-state index in [9.17, 15) is 13.2 Å². The predicted molar refractivity (Wildman–Crippen MR) is 63.0 cm³/mol. The molecule has 0 unspecified atom stereocenters. The standard InChI is InChI=1S/C12H23F3N2/c1-3-11(5-7-16-8-6-11)9-17(4-2)10-12(13,14)15/h16H,3-10H2,1-2H3. The smallest absolute Gasteiger partial charge is 0.317 e. The Balaban J connectivity index is 2.58. The quantitative estimate of drug-likeness (QED) is 0.809. The van der Waals surface area contributed by atoms with Crippen LogP contribution in [0.4, 0.5) is 13.2 Å². The Hall–Kier alpha value is -0.290. The Morgan fingerprint density at radius 2 is 1.76 bits per heavy atom. The maximum Gasteiger partial charge on any atom is 0.401 e. The van der Waals surface area contributed by atoms with E-state index in [-0.39, 0.29) is 5.41 Å². The Morgan fingerprint density at radius 1 is 1.18 bits per heavy atom. The van der Waals surface area contributed by atoms with Crippen LogP contribution < -0.4 is 5.32 Å². The average Bonchev–Trinajstić information content (AvgIpc) is 2.27. The van der Waals surface area contributed by atoms with Crippen molar-refractivity contribution in [3.63, 3.8) is 0 Å². The number of nitrogens with one attached hydrogen (secondary N) is 1. The van der Waals surface area contributed by atoms with Gasteiger partial charge in [-0.2, -0.15) is 13.2 Å². The molecular formula is C12H23F3N2. The SMILES string of the molecule is CCN(CC(F)(F)F)CC1(CC)CCNCC1. The molecule has 0 radical (unpaired) electrons. The number of piperidine rings is 1. The molecule has 0 amide bonds. The molecule has 0 bridgehead atoms. The molecule has 102 valence electrons. The molecule has 0 aromatic heterocycles.